The Morgan fingerprint density at radius 1 is 1.18 bits per heavy atom. The number of amides is 1. The molecule has 33 heavy (non-hydrogen) atoms. The number of thioether (sulfide) groups is 1. The quantitative estimate of drug-likeness (QED) is 0.373. The molecule has 9 heteroatoms. The van der Waals surface area contributed by atoms with Gasteiger partial charge in [-0.25, -0.2) is 9.97 Å². The molecule has 2 heterocycles. The first-order valence-corrected chi connectivity index (χ1v) is 11.7. The number of benzene rings is 2. The largest absolute Gasteiger partial charge is 0.497 e. The van der Waals surface area contributed by atoms with Crippen molar-refractivity contribution >= 4 is 29.3 Å². The van der Waals surface area contributed by atoms with E-state index in [4.69, 9.17) is 16.3 Å². The van der Waals surface area contributed by atoms with Gasteiger partial charge >= 0.3 is 0 Å². The molecule has 7 nitrogen and oxygen atoms in total. The fourth-order valence-electron chi connectivity index (χ4n) is 3.54. The summed E-state index contributed by atoms with van der Waals surface area (Å²) in [6.45, 7) is 1.96. The maximum absolute atomic E-state index is 13.0. The number of carbonyl (C=O) groups is 1. The molecule has 170 valence electrons. The molecule has 1 N–H and O–H groups in total. The van der Waals surface area contributed by atoms with Crippen molar-refractivity contribution in [2.24, 2.45) is 7.05 Å². The fraction of sp³-hybridized carbons (Fsp3) is 0.208. The molecule has 1 atom stereocenters. The van der Waals surface area contributed by atoms with E-state index >= 15 is 0 Å². The predicted molar refractivity (Wildman–Crippen MR) is 130 cm³/mol. The van der Waals surface area contributed by atoms with Gasteiger partial charge in [-0.3, -0.25) is 9.36 Å². The van der Waals surface area contributed by atoms with Gasteiger partial charge < -0.3 is 14.6 Å². The average molecular weight is 482 g/mol. The van der Waals surface area contributed by atoms with Crippen molar-refractivity contribution in [2.45, 2.75) is 18.1 Å². The molecule has 0 radical (unpaired) electrons. The van der Waals surface area contributed by atoms with E-state index in [1.807, 2.05) is 78.0 Å². The third kappa shape index (κ3) is 5.07. The Balaban J connectivity index is 1.52. The minimum absolute atomic E-state index is 0.131. The van der Waals surface area contributed by atoms with Gasteiger partial charge in [0.05, 0.1) is 18.6 Å². The molecule has 4 aromatic rings. The highest BCUT2D eigenvalue weighted by Crippen LogP contribution is 2.28. The lowest BCUT2D eigenvalue weighted by molar-refractivity contribution is -0.119. The third-order valence-electron chi connectivity index (χ3n) is 5.29. The molecule has 2 aromatic heterocycles. The van der Waals surface area contributed by atoms with Crippen molar-refractivity contribution in [3.8, 4) is 11.4 Å². The number of nitrogens with one attached hydrogen (secondary N) is 1. The van der Waals surface area contributed by atoms with Crippen LogP contribution in [-0.4, -0.2) is 37.9 Å². The van der Waals surface area contributed by atoms with E-state index in [2.05, 4.69) is 15.3 Å². The molecule has 4 rings (SSSR count). The Morgan fingerprint density at radius 2 is 1.97 bits per heavy atom. The van der Waals surface area contributed by atoms with E-state index in [1.54, 1.807) is 19.5 Å². The van der Waals surface area contributed by atoms with Crippen molar-refractivity contribution in [3.05, 3.63) is 89.2 Å². The summed E-state index contributed by atoms with van der Waals surface area (Å²) in [5, 5.41) is 4.51. The van der Waals surface area contributed by atoms with Crippen LogP contribution in [0.5, 0.6) is 5.75 Å². The Labute approximate surface area is 201 Å². The summed E-state index contributed by atoms with van der Waals surface area (Å²) in [4.78, 5) is 21.9. The number of hydrogen-bond donors (Lipinski definition) is 1. The number of carbonyl (C=O) groups excluding carboxylic acids is 1. The molecular formula is C24H24ClN5O2S. The summed E-state index contributed by atoms with van der Waals surface area (Å²) < 4.78 is 9.20. The predicted octanol–water partition coefficient (Wildman–Crippen LogP) is 4.57. The molecule has 0 saturated carbocycles. The maximum Gasteiger partial charge on any atom is 0.231 e. The first kappa shape index (κ1) is 22.9. The lowest BCUT2D eigenvalue weighted by atomic mass is 10.1. The van der Waals surface area contributed by atoms with Crippen molar-refractivity contribution in [3.63, 3.8) is 0 Å². The van der Waals surface area contributed by atoms with Crippen LogP contribution in [0, 0.1) is 6.92 Å². The standard InChI is InChI=1S/C24H24ClN5O2S/c1-16-19(25)8-5-9-20(16)30-13-11-27-24(30)33-15-21(31)28-22(23-26-10-12-29(23)2)17-6-4-7-18(14-17)32-3/h4-14,22H,15H2,1-3H3,(H,28,31)/t22-/m1/s1. The van der Waals surface area contributed by atoms with E-state index in [0.717, 1.165) is 22.6 Å². The van der Waals surface area contributed by atoms with E-state index < -0.39 is 6.04 Å². The summed E-state index contributed by atoms with van der Waals surface area (Å²) >= 11 is 7.65. The van der Waals surface area contributed by atoms with Crippen molar-refractivity contribution in [2.75, 3.05) is 12.9 Å². The number of nitrogens with zero attached hydrogens (tertiary/aromatic N) is 4. The number of imidazole rings is 2. The molecule has 0 saturated heterocycles. The summed E-state index contributed by atoms with van der Waals surface area (Å²) in [5.74, 6) is 1.52. The summed E-state index contributed by atoms with van der Waals surface area (Å²) in [6.07, 6.45) is 7.15. The van der Waals surface area contributed by atoms with E-state index in [0.29, 0.717) is 15.9 Å². The van der Waals surface area contributed by atoms with Crippen LogP contribution < -0.4 is 10.1 Å². The van der Waals surface area contributed by atoms with Gasteiger partial charge in [-0.05, 0) is 42.3 Å². The van der Waals surface area contributed by atoms with Crippen molar-refractivity contribution in [1.29, 1.82) is 0 Å². The SMILES string of the molecule is COc1cccc([C@@H](NC(=O)CSc2nccn2-c2cccc(Cl)c2C)c2nccn2C)c1. The van der Waals surface area contributed by atoms with Crippen LogP contribution >= 0.6 is 23.4 Å². The van der Waals surface area contributed by atoms with Gasteiger partial charge in [0.25, 0.3) is 0 Å². The van der Waals surface area contributed by atoms with Gasteiger partial charge in [0, 0.05) is 36.9 Å². The highest BCUT2D eigenvalue weighted by atomic mass is 35.5. The molecular weight excluding hydrogens is 458 g/mol. The number of methoxy groups -OCH3 is 1. The second-order valence-corrected chi connectivity index (χ2v) is 8.78. The van der Waals surface area contributed by atoms with Crippen LogP contribution in [-0.2, 0) is 11.8 Å². The second-order valence-electron chi connectivity index (χ2n) is 7.43. The molecule has 0 aliphatic heterocycles. The third-order valence-corrected chi connectivity index (χ3v) is 6.66. The summed E-state index contributed by atoms with van der Waals surface area (Å²) in [7, 11) is 3.52. The van der Waals surface area contributed by atoms with Crippen molar-refractivity contribution in [1.82, 2.24) is 24.4 Å². The molecule has 0 bridgehead atoms. The first-order valence-electron chi connectivity index (χ1n) is 10.3. The highest BCUT2D eigenvalue weighted by Gasteiger charge is 2.22. The average Bonchev–Trinajstić information content (AvgIpc) is 3.46. The molecule has 2 aromatic carbocycles. The van der Waals surface area contributed by atoms with Crippen LogP contribution in [0.1, 0.15) is 23.0 Å². The zero-order valence-corrected chi connectivity index (χ0v) is 20.1. The van der Waals surface area contributed by atoms with Gasteiger partial charge in [-0.1, -0.05) is 41.6 Å². The van der Waals surface area contributed by atoms with E-state index in [9.17, 15) is 4.79 Å². The molecule has 0 unspecified atom stereocenters. The topological polar surface area (TPSA) is 74.0 Å². The van der Waals surface area contributed by atoms with Gasteiger partial charge in [-0.2, -0.15) is 0 Å². The first-order chi connectivity index (χ1) is 16.0. The lowest BCUT2D eigenvalue weighted by Gasteiger charge is -2.20. The lowest BCUT2D eigenvalue weighted by Crippen LogP contribution is -2.32. The molecule has 0 spiro atoms. The van der Waals surface area contributed by atoms with Crippen LogP contribution in [0.2, 0.25) is 5.02 Å². The Bertz CT molecular complexity index is 1270. The Kier molecular flexibility index (Phi) is 7.05. The maximum atomic E-state index is 13.0. The zero-order chi connectivity index (χ0) is 23.4. The molecule has 0 fully saturated rings. The number of rotatable bonds is 8. The highest BCUT2D eigenvalue weighted by molar-refractivity contribution is 7.99. The van der Waals surface area contributed by atoms with Gasteiger partial charge in [0.2, 0.25) is 5.91 Å². The second kappa shape index (κ2) is 10.1. The monoisotopic (exact) mass is 481 g/mol. The van der Waals surface area contributed by atoms with E-state index in [1.165, 1.54) is 11.8 Å². The minimum atomic E-state index is -0.414. The van der Waals surface area contributed by atoms with Crippen LogP contribution in [0.25, 0.3) is 5.69 Å². The normalized spacial score (nSPS) is 11.9. The number of halogens is 1. The van der Waals surface area contributed by atoms with Gasteiger partial charge in [-0.15, -0.1) is 0 Å². The molecule has 0 aliphatic carbocycles. The number of ether oxygens (including phenoxy) is 1. The fourth-order valence-corrected chi connectivity index (χ4v) is 4.49. The smallest absolute Gasteiger partial charge is 0.231 e. The summed E-state index contributed by atoms with van der Waals surface area (Å²) in [5.41, 5.74) is 2.78. The van der Waals surface area contributed by atoms with Gasteiger partial charge in [0.1, 0.15) is 17.6 Å². The Hall–Kier alpha value is -3.23. The minimum Gasteiger partial charge on any atom is -0.497 e. The van der Waals surface area contributed by atoms with Crippen LogP contribution in [0.15, 0.2) is 72.4 Å². The zero-order valence-electron chi connectivity index (χ0n) is 18.5. The van der Waals surface area contributed by atoms with Crippen LogP contribution in [0.3, 0.4) is 0 Å². The summed E-state index contributed by atoms with van der Waals surface area (Å²) in [6, 6.07) is 12.9. The van der Waals surface area contributed by atoms with Crippen molar-refractivity contribution < 1.29 is 9.53 Å². The van der Waals surface area contributed by atoms with E-state index in [-0.39, 0.29) is 11.7 Å². The molecule has 0 aliphatic rings. The van der Waals surface area contributed by atoms with Gasteiger partial charge in [0.15, 0.2) is 5.16 Å². The number of aryl methyl sites for hydroxylation is 1. The Morgan fingerprint density at radius 3 is 2.73 bits per heavy atom. The number of aromatic nitrogens is 4. The van der Waals surface area contributed by atoms with Crippen LogP contribution in [0.4, 0.5) is 0 Å². The number of hydrogen-bond acceptors (Lipinski definition) is 5. The molecule has 1 amide bonds.